The monoisotopic (exact) mass is 533 g/mol. The minimum Gasteiger partial charge on any atom is -0.256 e. The van der Waals surface area contributed by atoms with Gasteiger partial charge in [0.2, 0.25) is 0 Å². The van der Waals surface area contributed by atoms with Crippen molar-refractivity contribution in [2.24, 2.45) is 0 Å². The second-order valence-electron chi connectivity index (χ2n) is 10.7. The number of nitrogens with zero attached hydrogens (tertiary/aromatic N) is 1. The Morgan fingerprint density at radius 3 is 1.48 bits per heavy atom. The minimum atomic E-state index is 1.02. The maximum atomic E-state index is 4.55. The second-order valence-corrected chi connectivity index (χ2v) is 10.7. The van der Waals surface area contributed by atoms with Gasteiger partial charge in [-0.15, -0.1) is 0 Å². The summed E-state index contributed by atoms with van der Waals surface area (Å²) in [5.74, 6) is 0. The molecule has 1 heterocycles. The minimum absolute atomic E-state index is 1.02. The summed E-state index contributed by atoms with van der Waals surface area (Å²) < 4.78 is 0. The first kappa shape index (κ1) is 24.3. The molecule has 1 heteroatoms. The van der Waals surface area contributed by atoms with Crippen LogP contribution in [-0.4, -0.2) is 4.98 Å². The number of aromatic nitrogens is 1. The Balaban J connectivity index is 1.35. The van der Waals surface area contributed by atoms with Gasteiger partial charge in [-0.25, -0.2) is 0 Å². The highest BCUT2D eigenvalue weighted by molar-refractivity contribution is 6.22. The Hall–Kier alpha value is -5.53. The van der Waals surface area contributed by atoms with Gasteiger partial charge in [-0.3, -0.25) is 4.98 Å². The zero-order valence-electron chi connectivity index (χ0n) is 23.0. The highest BCUT2D eigenvalue weighted by Crippen LogP contribution is 2.44. The Labute approximate surface area is 245 Å². The normalized spacial score (nSPS) is 11.3. The molecule has 0 unspecified atom stereocenters. The molecule has 42 heavy (non-hydrogen) atoms. The average molecular weight is 534 g/mol. The molecule has 0 aliphatic rings. The first-order chi connectivity index (χ1) is 20.8. The van der Waals surface area contributed by atoms with E-state index in [2.05, 4.69) is 157 Å². The van der Waals surface area contributed by atoms with Crippen LogP contribution in [0.1, 0.15) is 0 Å². The molecule has 0 aliphatic heterocycles. The van der Waals surface area contributed by atoms with Crippen LogP contribution in [0.15, 0.2) is 164 Å². The summed E-state index contributed by atoms with van der Waals surface area (Å²) >= 11 is 0. The van der Waals surface area contributed by atoms with Gasteiger partial charge in [0.05, 0.1) is 5.52 Å². The highest BCUT2D eigenvalue weighted by Gasteiger charge is 2.17. The zero-order chi connectivity index (χ0) is 27.9. The summed E-state index contributed by atoms with van der Waals surface area (Å²) in [5, 5.41) is 6.25. The molecule has 8 rings (SSSR count). The Morgan fingerprint density at radius 1 is 0.310 bits per heavy atom. The van der Waals surface area contributed by atoms with E-state index in [0.717, 1.165) is 5.52 Å². The second kappa shape index (κ2) is 10.1. The molecule has 0 saturated heterocycles. The fourth-order valence-corrected chi connectivity index (χ4v) is 6.38. The summed E-state index contributed by atoms with van der Waals surface area (Å²) in [6.45, 7) is 0. The molecule has 1 nitrogen and oxygen atoms in total. The quantitative estimate of drug-likeness (QED) is 0.205. The fourth-order valence-electron chi connectivity index (χ4n) is 6.38. The number of fused-ring (bicyclic) bond motifs is 3. The third-order valence-electron chi connectivity index (χ3n) is 8.33. The molecule has 0 N–H and O–H groups in total. The Bertz CT molecular complexity index is 2210. The van der Waals surface area contributed by atoms with E-state index in [1.807, 2.05) is 12.3 Å². The van der Waals surface area contributed by atoms with Crippen molar-refractivity contribution in [2.75, 3.05) is 0 Å². The van der Waals surface area contributed by atoms with Gasteiger partial charge >= 0.3 is 0 Å². The standard InChI is InChI=1S/C41H27N/c1-3-11-30(12-4-1)40-35-16-7-8-17-36(35)41(31-13-5-2-6-14-31)38-27-32(23-24-37(38)40)28-19-21-29(22-20-28)33-25-26-42-39-18-10-9-15-34(33)39/h1-27H. The molecule has 0 spiro atoms. The third kappa shape index (κ3) is 4.06. The molecule has 0 amide bonds. The molecular weight excluding hydrogens is 506 g/mol. The summed E-state index contributed by atoms with van der Waals surface area (Å²) in [7, 11) is 0. The van der Waals surface area contributed by atoms with Crippen LogP contribution >= 0.6 is 0 Å². The maximum absolute atomic E-state index is 4.55. The number of rotatable bonds is 4. The van der Waals surface area contributed by atoms with Crippen LogP contribution in [0.2, 0.25) is 0 Å². The lowest BCUT2D eigenvalue weighted by Crippen LogP contribution is -1.91. The van der Waals surface area contributed by atoms with Gasteiger partial charge < -0.3 is 0 Å². The summed E-state index contributed by atoms with van der Waals surface area (Å²) in [6, 6.07) is 56.8. The van der Waals surface area contributed by atoms with Gasteiger partial charge in [-0.05, 0) is 84.3 Å². The SMILES string of the molecule is c1ccc(-c2c3ccccc3c(-c3ccccc3)c3cc(-c4ccc(-c5ccnc6ccccc56)cc4)ccc23)cc1. The molecule has 7 aromatic carbocycles. The van der Waals surface area contributed by atoms with Crippen molar-refractivity contribution in [3.8, 4) is 44.5 Å². The first-order valence-corrected chi connectivity index (χ1v) is 14.4. The predicted molar refractivity (Wildman–Crippen MR) is 178 cm³/mol. The largest absolute Gasteiger partial charge is 0.256 e. The lowest BCUT2D eigenvalue weighted by atomic mass is 9.85. The summed E-state index contributed by atoms with van der Waals surface area (Å²) in [6.07, 6.45) is 1.90. The van der Waals surface area contributed by atoms with Crippen molar-refractivity contribution in [1.82, 2.24) is 4.98 Å². The zero-order valence-corrected chi connectivity index (χ0v) is 23.0. The van der Waals surface area contributed by atoms with Gasteiger partial charge in [-0.2, -0.15) is 0 Å². The number of pyridine rings is 1. The van der Waals surface area contributed by atoms with Crippen molar-refractivity contribution in [2.45, 2.75) is 0 Å². The van der Waals surface area contributed by atoms with E-state index in [1.54, 1.807) is 0 Å². The van der Waals surface area contributed by atoms with E-state index in [9.17, 15) is 0 Å². The van der Waals surface area contributed by atoms with Crippen LogP contribution in [0.4, 0.5) is 0 Å². The van der Waals surface area contributed by atoms with Crippen LogP contribution in [0, 0.1) is 0 Å². The van der Waals surface area contributed by atoms with Crippen molar-refractivity contribution in [1.29, 1.82) is 0 Å². The molecule has 0 saturated carbocycles. The van der Waals surface area contributed by atoms with E-state index in [-0.39, 0.29) is 0 Å². The Morgan fingerprint density at radius 2 is 0.810 bits per heavy atom. The summed E-state index contributed by atoms with van der Waals surface area (Å²) in [4.78, 5) is 4.55. The van der Waals surface area contributed by atoms with Gasteiger partial charge in [0.1, 0.15) is 0 Å². The third-order valence-corrected chi connectivity index (χ3v) is 8.33. The maximum Gasteiger partial charge on any atom is 0.0708 e. The van der Waals surface area contributed by atoms with Gasteiger partial charge in [0.25, 0.3) is 0 Å². The molecule has 0 radical (unpaired) electrons. The summed E-state index contributed by atoms with van der Waals surface area (Å²) in [5.41, 5.74) is 10.9. The lowest BCUT2D eigenvalue weighted by Gasteiger charge is -2.18. The van der Waals surface area contributed by atoms with Crippen LogP contribution in [0.5, 0.6) is 0 Å². The van der Waals surface area contributed by atoms with Crippen LogP contribution in [0.25, 0.3) is 77.0 Å². The van der Waals surface area contributed by atoms with E-state index in [4.69, 9.17) is 0 Å². The molecule has 0 bridgehead atoms. The van der Waals surface area contributed by atoms with Crippen LogP contribution < -0.4 is 0 Å². The highest BCUT2D eigenvalue weighted by atomic mass is 14.6. The topological polar surface area (TPSA) is 12.9 Å². The average Bonchev–Trinajstić information content (AvgIpc) is 3.07. The number of benzene rings is 7. The number of hydrogen-bond acceptors (Lipinski definition) is 1. The van der Waals surface area contributed by atoms with E-state index < -0.39 is 0 Å². The lowest BCUT2D eigenvalue weighted by molar-refractivity contribution is 1.41. The molecule has 0 fully saturated rings. The van der Waals surface area contributed by atoms with Crippen LogP contribution in [-0.2, 0) is 0 Å². The molecule has 0 aliphatic carbocycles. The van der Waals surface area contributed by atoms with Gasteiger partial charge in [-0.1, -0.05) is 140 Å². The fraction of sp³-hybridized carbons (Fsp3) is 0. The molecule has 0 atom stereocenters. The van der Waals surface area contributed by atoms with E-state index in [0.29, 0.717) is 0 Å². The van der Waals surface area contributed by atoms with Gasteiger partial charge in [0, 0.05) is 11.6 Å². The molecular formula is C41H27N. The van der Waals surface area contributed by atoms with Crippen molar-refractivity contribution >= 4 is 32.4 Å². The van der Waals surface area contributed by atoms with Crippen molar-refractivity contribution in [3.63, 3.8) is 0 Å². The van der Waals surface area contributed by atoms with Gasteiger partial charge in [0.15, 0.2) is 0 Å². The molecule has 196 valence electrons. The predicted octanol–water partition coefficient (Wildman–Crippen LogP) is 11.2. The smallest absolute Gasteiger partial charge is 0.0708 e. The van der Waals surface area contributed by atoms with Crippen LogP contribution in [0.3, 0.4) is 0 Å². The van der Waals surface area contributed by atoms with Crippen molar-refractivity contribution in [3.05, 3.63) is 164 Å². The molecule has 1 aromatic heterocycles. The van der Waals surface area contributed by atoms with E-state index >= 15 is 0 Å². The molecule has 8 aromatic rings. The first-order valence-electron chi connectivity index (χ1n) is 14.4. The number of para-hydroxylation sites is 1. The number of hydrogen-bond donors (Lipinski definition) is 0. The van der Waals surface area contributed by atoms with E-state index in [1.165, 1.54) is 71.4 Å². The van der Waals surface area contributed by atoms with Crippen molar-refractivity contribution < 1.29 is 0 Å². The Kier molecular flexibility index (Phi) is 5.86.